The van der Waals surface area contributed by atoms with Crippen LogP contribution in [0.15, 0.2) is 30.6 Å². The van der Waals surface area contributed by atoms with Gasteiger partial charge in [-0.2, -0.15) is 5.10 Å². The Morgan fingerprint density at radius 3 is 2.82 bits per heavy atom. The third-order valence-electron chi connectivity index (χ3n) is 6.23. The molecule has 1 N–H and O–H groups in total. The van der Waals surface area contributed by atoms with Gasteiger partial charge in [-0.3, -0.25) is 14.3 Å². The summed E-state index contributed by atoms with van der Waals surface area (Å²) in [6.07, 6.45) is 11.9. The monoisotopic (exact) mass is 378 g/mol. The number of fused-ring (bicyclic) bond motifs is 1. The summed E-state index contributed by atoms with van der Waals surface area (Å²) < 4.78 is 1.86. The first-order chi connectivity index (χ1) is 13.8. The van der Waals surface area contributed by atoms with E-state index in [9.17, 15) is 4.79 Å². The quantitative estimate of drug-likeness (QED) is 0.756. The maximum Gasteiger partial charge on any atom is 0.270 e. The van der Waals surface area contributed by atoms with Crippen LogP contribution in [0.2, 0.25) is 0 Å². The van der Waals surface area contributed by atoms with Gasteiger partial charge in [0.15, 0.2) is 5.82 Å². The van der Waals surface area contributed by atoms with Crippen molar-refractivity contribution >= 4 is 11.6 Å². The number of carbonyl (C=O) groups is 1. The number of hydrogen-bond donors (Lipinski definition) is 1. The number of amides is 1. The molecule has 1 atom stereocenters. The van der Waals surface area contributed by atoms with Crippen molar-refractivity contribution in [2.75, 3.05) is 13.1 Å². The summed E-state index contributed by atoms with van der Waals surface area (Å²) in [5, 5.41) is 7.73. The van der Waals surface area contributed by atoms with Crippen LogP contribution in [-0.2, 0) is 0 Å². The lowest BCUT2D eigenvalue weighted by Gasteiger charge is -2.31. The molecule has 7 heteroatoms. The van der Waals surface area contributed by atoms with Crippen molar-refractivity contribution < 1.29 is 4.79 Å². The second kappa shape index (κ2) is 7.37. The largest absolute Gasteiger partial charge is 0.337 e. The number of aromatic nitrogens is 5. The van der Waals surface area contributed by atoms with Crippen LogP contribution in [0.5, 0.6) is 0 Å². The Kier molecular flexibility index (Phi) is 4.58. The zero-order valence-corrected chi connectivity index (χ0v) is 16.0. The van der Waals surface area contributed by atoms with Gasteiger partial charge in [0, 0.05) is 37.3 Å². The van der Waals surface area contributed by atoms with Gasteiger partial charge in [-0.1, -0.05) is 25.3 Å². The zero-order valence-electron chi connectivity index (χ0n) is 16.0. The molecule has 0 bridgehead atoms. The van der Waals surface area contributed by atoms with E-state index in [1.807, 2.05) is 33.7 Å². The number of likely N-dealkylation sites (tertiary alicyclic amines) is 1. The van der Waals surface area contributed by atoms with E-state index in [0.29, 0.717) is 18.2 Å². The highest BCUT2D eigenvalue weighted by Crippen LogP contribution is 2.32. The number of H-pyrrole nitrogens is 1. The van der Waals surface area contributed by atoms with Crippen LogP contribution < -0.4 is 0 Å². The van der Waals surface area contributed by atoms with Gasteiger partial charge in [-0.25, -0.2) is 9.97 Å². The molecule has 0 aromatic carbocycles. The fourth-order valence-corrected chi connectivity index (χ4v) is 4.69. The van der Waals surface area contributed by atoms with E-state index >= 15 is 0 Å². The molecule has 1 saturated heterocycles. The summed E-state index contributed by atoms with van der Waals surface area (Å²) in [4.78, 5) is 24.2. The maximum absolute atomic E-state index is 13.2. The Morgan fingerprint density at radius 1 is 1.07 bits per heavy atom. The summed E-state index contributed by atoms with van der Waals surface area (Å²) in [6.45, 7) is 1.45. The number of pyridine rings is 1. The predicted octanol–water partition coefficient (Wildman–Crippen LogP) is 3.52. The van der Waals surface area contributed by atoms with Crippen LogP contribution in [0.1, 0.15) is 78.9 Å². The number of carbonyl (C=O) groups excluding carboxylic acids is 1. The lowest BCUT2D eigenvalue weighted by atomic mass is 9.89. The molecule has 5 rings (SSSR count). The molecule has 3 aromatic rings. The van der Waals surface area contributed by atoms with E-state index in [1.54, 1.807) is 6.20 Å². The van der Waals surface area contributed by atoms with Crippen LogP contribution in [0, 0.1) is 0 Å². The highest BCUT2D eigenvalue weighted by molar-refractivity contribution is 5.93. The molecular weight excluding hydrogens is 352 g/mol. The van der Waals surface area contributed by atoms with Gasteiger partial charge in [0.05, 0.1) is 0 Å². The number of piperidine rings is 1. The summed E-state index contributed by atoms with van der Waals surface area (Å²) >= 11 is 0. The Balaban J connectivity index is 1.33. The van der Waals surface area contributed by atoms with Crippen LogP contribution in [-0.4, -0.2) is 48.5 Å². The fourth-order valence-electron chi connectivity index (χ4n) is 4.69. The van der Waals surface area contributed by atoms with Crippen molar-refractivity contribution in [2.45, 2.75) is 56.8 Å². The zero-order chi connectivity index (χ0) is 18.9. The van der Waals surface area contributed by atoms with E-state index in [0.717, 1.165) is 36.7 Å². The average molecular weight is 378 g/mol. The topological polar surface area (TPSA) is 79.2 Å². The Bertz CT molecular complexity index is 970. The number of nitrogens with zero attached hydrogens (tertiary/aromatic N) is 5. The van der Waals surface area contributed by atoms with Crippen molar-refractivity contribution in [2.24, 2.45) is 0 Å². The molecule has 7 nitrogen and oxygen atoms in total. The van der Waals surface area contributed by atoms with Crippen molar-refractivity contribution in [3.63, 3.8) is 0 Å². The molecule has 1 saturated carbocycles. The molecule has 146 valence electrons. The minimum atomic E-state index is 0.0522. The smallest absolute Gasteiger partial charge is 0.270 e. The van der Waals surface area contributed by atoms with Gasteiger partial charge in [0.25, 0.3) is 5.91 Å². The highest BCUT2D eigenvalue weighted by Gasteiger charge is 2.29. The van der Waals surface area contributed by atoms with Crippen LogP contribution in [0.25, 0.3) is 5.65 Å². The summed E-state index contributed by atoms with van der Waals surface area (Å²) in [6, 6.07) is 5.67. The van der Waals surface area contributed by atoms with Gasteiger partial charge < -0.3 is 4.90 Å². The number of nitrogens with one attached hydrogen (secondary N) is 1. The lowest BCUT2D eigenvalue weighted by Crippen LogP contribution is -2.40. The minimum absolute atomic E-state index is 0.0522. The van der Waals surface area contributed by atoms with Crippen molar-refractivity contribution in [1.82, 2.24) is 29.5 Å². The highest BCUT2D eigenvalue weighted by atomic mass is 16.2. The van der Waals surface area contributed by atoms with E-state index in [4.69, 9.17) is 4.98 Å². The second-order valence-electron chi connectivity index (χ2n) is 8.07. The molecule has 0 unspecified atom stereocenters. The standard InChI is InChI=1S/C21H26N6O/c28-21(17-9-4-10-18-22-11-13-27(17)18)26-12-5-8-16(14-26)20-23-19(24-25-20)15-6-2-1-3-7-15/h4,9-11,13,15-16H,1-3,5-8,12,14H2,(H,23,24,25)/t16-/m1/s1. The first kappa shape index (κ1) is 17.4. The number of aromatic amines is 1. The molecule has 1 amide bonds. The minimum Gasteiger partial charge on any atom is -0.337 e. The van der Waals surface area contributed by atoms with E-state index < -0.39 is 0 Å². The molecule has 2 aliphatic rings. The van der Waals surface area contributed by atoms with Gasteiger partial charge in [0.2, 0.25) is 0 Å². The van der Waals surface area contributed by atoms with Gasteiger partial charge in [0.1, 0.15) is 17.2 Å². The molecule has 0 radical (unpaired) electrons. The van der Waals surface area contributed by atoms with Gasteiger partial charge in [-0.05, 0) is 37.8 Å². The van der Waals surface area contributed by atoms with Crippen LogP contribution in [0.4, 0.5) is 0 Å². The first-order valence-electron chi connectivity index (χ1n) is 10.4. The Hall–Kier alpha value is -2.70. The van der Waals surface area contributed by atoms with E-state index in [1.165, 1.54) is 32.1 Å². The van der Waals surface area contributed by atoms with E-state index in [2.05, 4.69) is 15.2 Å². The second-order valence-corrected chi connectivity index (χ2v) is 8.07. The number of hydrogen-bond acceptors (Lipinski definition) is 4. The first-order valence-corrected chi connectivity index (χ1v) is 10.4. The molecule has 2 fully saturated rings. The van der Waals surface area contributed by atoms with Crippen molar-refractivity contribution in [3.05, 3.63) is 47.9 Å². The number of rotatable bonds is 3. The van der Waals surface area contributed by atoms with Crippen molar-refractivity contribution in [1.29, 1.82) is 0 Å². The fraction of sp³-hybridized carbons (Fsp3) is 0.524. The van der Waals surface area contributed by atoms with E-state index in [-0.39, 0.29) is 11.8 Å². The lowest BCUT2D eigenvalue weighted by molar-refractivity contribution is 0.0697. The third-order valence-corrected chi connectivity index (χ3v) is 6.23. The normalized spacial score (nSPS) is 21.3. The summed E-state index contributed by atoms with van der Waals surface area (Å²) in [5.74, 6) is 2.69. The Labute approximate surface area is 164 Å². The van der Waals surface area contributed by atoms with Crippen molar-refractivity contribution in [3.8, 4) is 0 Å². The molecule has 0 spiro atoms. The number of imidazole rings is 1. The summed E-state index contributed by atoms with van der Waals surface area (Å²) in [7, 11) is 0. The summed E-state index contributed by atoms with van der Waals surface area (Å²) in [5.41, 5.74) is 1.46. The molecule has 4 heterocycles. The predicted molar refractivity (Wildman–Crippen MR) is 105 cm³/mol. The molecule has 1 aliphatic carbocycles. The van der Waals surface area contributed by atoms with Crippen LogP contribution in [0.3, 0.4) is 0 Å². The molecule has 1 aliphatic heterocycles. The molecule has 3 aromatic heterocycles. The SMILES string of the molecule is O=C(c1cccc2nccn12)N1CCC[C@@H](c2n[nH]c(C3CCCCC3)n2)C1. The average Bonchev–Trinajstić information content (AvgIpc) is 3.43. The third kappa shape index (κ3) is 3.19. The van der Waals surface area contributed by atoms with Gasteiger partial charge >= 0.3 is 0 Å². The van der Waals surface area contributed by atoms with Gasteiger partial charge in [-0.15, -0.1) is 0 Å². The molecule has 28 heavy (non-hydrogen) atoms. The van der Waals surface area contributed by atoms with Crippen LogP contribution >= 0.6 is 0 Å². The molecular formula is C21H26N6O. The Morgan fingerprint density at radius 2 is 1.93 bits per heavy atom. The maximum atomic E-state index is 13.2.